The molecule has 0 unspecified atom stereocenters. The highest BCUT2D eigenvalue weighted by Gasteiger charge is 2.10. The molecule has 0 radical (unpaired) electrons. The van der Waals surface area contributed by atoms with Crippen LogP contribution in [0, 0.1) is 5.82 Å². The van der Waals surface area contributed by atoms with Gasteiger partial charge in [-0.1, -0.05) is 24.3 Å². The lowest BCUT2D eigenvalue weighted by atomic mass is 10.2. The van der Waals surface area contributed by atoms with E-state index in [0.29, 0.717) is 28.3 Å². The quantitative estimate of drug-likeness (QED) is 0.564. The number of anilines is 1. The molecule has 0 aliphatic heterocycles. The number of esters is 1. The number of amides is 1. The van der Waals surface area contributed by atoms with Gasteiger partial charge in [0.2, 0.25) is 0 Å². The van der Waals surface area contributed by atoms with Crippen LogP contribution in [0.3, 0.4) is 0 Å². The van der Waals surface area contributed by atoms with Crippen LogP contribution < -0.4 is 14.8 Å². The average molecular weight is 409 g/mol. The molecule has 0 bridgehead atoms. The van der Waals surface area contributed by atoms with Crippen molar-refractivity contribution in [3.05, 3.63) is 89.7 Å². The molecule has 0 aliphatic carbocycles. The molecule has 0 heterocycles. The third-order valence-corrected chi connectivity index (χ3v) is 4.13. The first-order chi connectivity index (χ1) is 14.5. The van der Waals surface area contributed by atoms with Gasteiger partial charge in [-0.05, 0) is 42.5 Å². The topological polar surface area (TPSA) is 73.9 Å². The highest BCUT2D eigenvalue weighted by Crippen LogP contribution is 2.17. The fourth-order valence-electron chi connectivity index (χ4n) is 2.58. The first kappa shape index (κ1) is 20.9. The first-order valence-corrected chi connectivity index (χ1v) is 9.12. The van der Waals surface area contributed by atoms with E-state index in [1.807, 2.05) is 0 Å². The predicted molar refractivity (Wildman–Crippen MR) is 109 cm³/mol. The molecule has 0 saturated carbocycles. The van der Waals surface area contributed by atoms with Gasteiger partial charge < -0.3 is 19.5 Å². The van der Waals surface area contributed by atoms with Crippen LogP contribution in [0.1, 0.15) is 15.9 Å². The zero-order chi connectivity index (χ0) is 21.3. The molecule has 0 spiro atoms. The molecule has 154 valence electrons. The Balaban J connectivity index is 1.48. The molecular weight excluding hydrogens is 389 g/mol. The molecular formula is C23H20FNO5. The number of carbonyl (C=O) groups excluding carboxylic acids is 2. The van der Waals surface area contributed by atoms with Crippen molar-refractivity contribution in [3.8, 4) is 11.5 Å². The van der Waals surface area contributed by atoms with Gasteiger partial charge in [0.15, 0.2) is 6.61 Å². The van der Waals surface area contributed by atoms with Crippen molar-refractivity contribution in [1.82, 2.24) is 0 Å². The Morgan fingerprint density at radius 2 is 1.70 bits per heavy atom. The summed E-state index contributed by atoms with van der Waals surface area (Å²) in [6.45, 7) is -0.359. The highest BCUT2D eigenvalue weighted by molar-refractivity contribution is 5.92. The number of methoxy groups -OCH3 is 1. The van der Waals surface area contributed by atoms with Crippen molar-refractivity contribution < 1.29 is 28.2 Å². The van der Waals surface area contributed by atoms with E-state index in [1.54, 1.807) is 61.7 Å². The molecule has 30 heavy (non-hydrogen) atoms. The average Bonchev–Trinajstić information content (AvgIpc) is 2.77. The van der Waals surface area contributed by atoms with Crippen molar-refractivity contribution in [1.29, 1.82) is 0 Å². The molecule has 0 aromatic heterocycles. The summed E-state index contributed by atoms with van der Waals surface area (Å²) in [7, 11) is 1.55. The molecule has 0 fully saturated rings. The van der Waals surface area contributed by atoms with E-state index in [4.69, 9.17) is 14.2 Å². The van der Waals surface area contributed by atoms with Gasteiger partial charge in [-0.25, -0.2) is 9.18 Å². The van der Waals surface area contributed by atoms with Crippen LogP contribution in [-0.4, -0.2) is 25.6 Å². The van der Waals surface area contributed by atoms with Gasteiger partial charge in [0, 0.05) is 17.3 Å². The summed E-state index contributed by atoms with van der Waals surface area (Å²) in [5.41, 5.74) is 1.18. The van der Waals surface area contributed by atoms with Gasteiger partial charge in [0.1, 0.15) is 23.9 Å². The predicted octanol–water partition coefficient (Wildman–Crippen LogP) is 4.21. The van der Waals surface area contributed by atoms with Crippen LogP contribution in [0.4, 0.5) is 10.1 Å². The third kappa shape index (κ3) is 5.81. The second-order valence-electron chi connectivity index (χ2n) is 6.26. The van der Waals surface area contributed by atoms with Crippen molar-refractivity contribution in [2.75, 3.05) is 19.0 Å². The minimum atomic E-state index is -0.583. The van der Waals surface area contributed by atoms with Gasteiger partial charge in [0.25, 0.3) is 5.91 Å². The lowest BCUT2D eigenvalue weighted by molar-refractivity contribution is -0.118. The number of benzene rings is 3. The zero-order valence-electron chi connectivity index (χ0n) is 16.3. The molecule has 1 amide bonds. The number of rotatable bonds is 8. The number of halogens is 1. The Morgan fingerprint density at radius 3 is 2.43 bits per heavy atom. The Morgan fingerprint density at radius 1 is 0.933 bits per heavy atom. The summed E-state index contributed by atoms with van der Waals surface area (Å²) in [6.07, 6.45) is 0. The van der Waals surface area contributed by atoms with E-state index in [0.717, 1.165) is 0 Å². The fourth-order valence-corrected chi connectivity index (χ4v) is 2.58. The van der Waals surface area contributed by atoms with Crippen LogP contribution in [0.5, 0.6) is 11.5 Å². The Hall–Kier alpha value is -3.87. The van der Waals surface area contributed by atoms with Crippen LogP contribution in [-0.2, 0) is 16.1 Å². The Kier molecular flexibility index (Phi) is 7.00. The summed E-state index contributed by atoms with van der Waals surface area (Å²) in [6, 6.07) is 19.2. The van der Waals surface area contributed by atoms with E-state index < -0.39 is 11.8 Å². The smallest absolute Gasteiger partial charge is 0.338 e. The Labute approximate surface area is 173 Å². The monoisotopic (exact) mass is 409 g/mol. The molecule has 7 heteroatoms. The maximum absolute atomic E-state index is 13.6. The third-order valence-electron chi connectivity index (χ3n) is 4.13. The number of nitrogens with one attached hydrogen (secondary N) is 1. The molecule has 3 aromatic rings. The maximum atomic E-state index is 13.6. The Bertz CT molecular complexity index is 1020. The first-order valence-electron chi connectivity index (χ1n) is 9.12. The van der Waals surface area contributed by atoms with E-state index in [2.05, 4.69) is 5.32 Å². The summed E-state index contributed by atoms with van der Waals surface area (Å²) in [5.74, 6) is -0.300. The minimum Gasteiger partial charge on any atom is -0.497 e. The van der Waals surface area contributed by atoms with E-state index in [9.17, 15) is 14.0 Å². The van der Waals surface area contributed by atoms with Gasteiger partial charge in [-0.15, -0.1) is 0 Å². The van der Waals surface area contributed by atoms with E-state index in [-0.39, 0.29) is 19.1 Å². The lowest BCUT2D eigenvalue weighted by Crippen LogP contribution is -2.20. The zero-order valence-corrected chi connectivity index (χ0v) is 16.3. The number of carbonyl (C=O) groups is 2. The van der Waals surface area contributed by atoms with Crippen LogP contribution >= 0.6 is 0 Å². The van der Waals surface area contributed by atoms with Crippen molar-refractivity contribution in [3.63, 3.8) is 0 Å². The van der Waals surface area contributed by atoms with Crippen LogP contribution in [0.15, 0.2) is 72.8 Å². The number of ether oxygens (including phenoxy) is 3. The summed E-state index contributed by atoms with van der Waals surface area (Å²) >= 11 is 0. The van der Waals surface area contributed by atoms with Crippen molar-refractivity contribution in [2.45, 2.75) is 6.61 Å². The molecule has 0 atom stereocenters. The lowest BCUT2D eigenvalue weighted by Gasteiger charge is -2.09. The van der Waals surface area contributed by atoms with Gasteiger partial charge in [0.05, 0.1) is 12.7 Å². The molecule has 3 rings (SSSR count). The number of hydrogen-bond donors (Lipinski definition) is 1. The van der Waals surface area contributed by atoms with Crippen molar-refractivity contribution in [2.24, 2.45) is 0 Å². The standard InChI is InChI=1S/C23H20FNO5/c1-28-20-7-4-6-18(13-20)25-22(26)15-29-19-11-9-16(10-12-19)23(27)30-14-17-5-2-3-8-21(17)24/h2-13H,14-15H2,1H3,(H,25,26). The van der Waals surface area contributed by atoms with Gasteiger partial charge in [-0.2, -0.15) is 0 Å². The second-order valence-corrected chi connectivity index (χ2v) is 6.26. The highest BCUT2D eigenvalue weighted by atomic mass is 19.1. The minimum absolute atomic E-state index is 0.159. The van der Waals surface area contributed by atoms with E-state index in [1.165, 1.54) is 18.2 Å². The summed E-state index contributed by atoms with van der Waals surface area (Å²) in [4.78, 5) is 24.1. The molecule has 0 aliphatic rings. The summed E-state index contributed by atoms with van der Waals surface area (Å²) < 4.78 is 29.2. The number of hydrogen-bond acceptors (Lipinski definition) is 5. The maximum Gasteiger partial charge on any atom is 0.338 e. The molecule has 6 nitrogen and oxygen atoms in total. The van der Waals surface area contributed by atoms with Gasteiger partial charge in [-0.3, -0.25) is 4.79 Å². The van der Waals surface area contributed by atoms with Crippen LogP contribution in [0.2, 0.25) is 0 Å². The molecule has 0 saturated heterocycles. The van der Waals surface area contributed by atoms with Crippen LogP contribution in [0.25, 0.3) is 0 Å². The molecule has 3 aromatic carbocycles. The second kappa shape index (κ2) is 10.1. The van der Waals surface area contributed by atoms with E-state index >= 15 is 0 Å². The molecule has 1 N–H and O–H groups in total. The van der Waals surface area contributed by atoms with Gasteiger partial charge >= 0.3 is 5.97 Å². The summed E-state index contributed by atoms with van der Waals surface area (Å²) in [5, 5.41) is 2.70. The largest absolute Gasteiger partial charge is 0.497 e. The fraction of sp³-hybridized carbons (Fsp3) is 0.130. The van der Waals surface area contributed by atoms with Crippen molar-refractivity contribution >= 4 is 17.6 Å². The normalized spacial score (nSPS) is 10.2. The SMILES string of the molecule is COc1cccc(NC(=O)COc2ccc(C(=O)OCc3ccccc3F)cc2)c1.